The van der Waals surface area contributed by atoms with Gasteiger partial charge in [0.05, 0.1) is 37.1 Å². The summed E-state index contributed by atoms with van der Waals surface area (Å²) in [6, 6.07) is 22.5. The summed E-state index contributed by atoms with van der Waals surface area (Å²) in [5.41, 5.74) is 5.58. The Morgan fingerprint density at radius 1 is 0.966 bits per heavy atom. The highest BCUT2D eigenvalue weighted by Crippen LogP contribution is 2.45. The summed E-state index contributed by atoms with van der Waals surface area (Å²) in [5.74, 6) is -0.0392. The van der Waals surface area contributed by atoms with Crippen molar-refractivity contribution in [2.24, 2.45) is 0 Å². The van der Waals surface area contributed by atoms with E-state index in [-0.39, 0.29) is 68.9 Å². The third-order valence-electron chi connectivity index (χ3n) is 12.1. The van der Waals surface area contributed by atoms with Crippen molar-refractivity contribution in [1.29, 1.82) is 0 Å². The maximum atomic E-state index is 14.0. The number of hydrogen-bond acceptors (Lipinski definition) is 11. The van der Waals surface area contributed by atoms with Gasteiger partial charge in [0.15, 0.2) is 17.1 Å². The van der Waals surface area contributed by atoms with E-state index in [1.54, 1.807) is 17.6 Å². The molecule has 3 aromatic carbocycles. The van der Waals surface area contributed by atoms with Gasteiger partial charge in [-0.2, -0.15) is 0 Å². The first-order valence-electron chi connectivity index (χ1n) is 19.9. The van der Waals surface area contributed by atoms with E-state index < -0.39 is 31.6 Å². The number of alkyl carbamates (subject to hydrolysis) is 1. The lowest BCUT2D eigenvalue weighted by Crippen LogP contribution is -2.45. The molecule has 2 aromatic heterocycles. The molecule has 14 nitrogen and oxygen atoms in total. The van der Waals surface area contributed by atoms with Crippen molar-refractivity contribution in [3.8, 4) is 34.0 Å². The molecule has 1 atom stereocenters. The number of cyclic esters (lactones) is 1. The van der Waals surface area contributed by atoms with Crippen LogP contribution < -0.4 is 30.9 Å². The molecule has 0 unspecified atom stereocenters. The number of ether oxygens (including phenoxy) is 5. The Balaban J connectivity index is 0.831. The molecule has 304 valence electrons. The van der Waals surface area contributed by atoms with Crippen LogP contribution in [0.3, 0.4) is 0 Å². The summed E-state index contributed by atoms with van der Waals surface area (Å²) in [7, 11) is -2.34. The fourth-order valence-corrected chi connectivity index (χ4v) is 12.3. The van der Waals surface area contributed by atoms with E-state index in [0.717, 1.165) is 44.4 Å². The highest BCUT2D eigenvalue weighted by atomic mass is 28.3. The number of nitrogens with zero attached hydrogens (tertiary/aromatic N) is 2. The van der Waals surface area contributed by atoms with Crippen molar-refractivity contribution in [2.75, 3.05) is 33.3 Å². The molecule has 3 aliphatic heterocycles. The van der Waals surface area contributed by atoms with E-state index in [2.05, 4.69) is 35.9 Å². The summed E-state index contributed by atoms with van der Waals surface area (Å²) in [6.45, 7) is 6.65. The first kappa shape index (κ1) is 38.5. The van der Waals surface area contributed by atoms with Crippen molar-refractivity contribution in [3.63, 3.8) is 0 Å². The Morgan fingerprint density at radius 2 is 1.68 bits per heavy atom. The fourth-order valence-electron chi connectivity index (χ4n) is 9.05. The van der Waals surface area contributed by atoms with Crippen LogP contribution in [0.2, 0.25) is 19.1 Å². The van der Waals surface area contributed by atoms with Gasteiger partial charge >= 0.3 is 12.1 Å². The molecule has 0 fully saturated rings. The van der Waals surface area contributed by atoms with Gasteiger partial charge < -0.3 is 44.0 Å². The number of fused-ring (bicyclic) bond motifs is 9. The van der Waals surface area contributed by atoms with Crippen LogP contribution in [0.5, 0.6) is 11.5 Å². The molecule has 2 amide bonds. The van der Waals surface area contributed by atoms with Crippen LogP contribution in [-0.4, -0.2) is 74.0 Å². The molecule has 0 saturated carbocycles. The zero-order valence-corrected chi connectivity index (χ0v) is 34.0. The van der Waals surface area contributed by atoms with Gasteiger partial charge in [0, 0.05) is 29.5 Å². The minimum Gasteiger partial charge on any atom is -0.458 e. The Labute approximate surface area is 340 Å². The molecule has 1 aliphatic carbocycles. The van der Waals surface area contributed by atoms with Crippen LogP contribution in [0.15, 0.2) is 71.5 Å². The number of hydrogen-bond donors (Lipinski definition) is 3. The normalized spacial score (nSPS) is 17.1. The van der Waals surface area contributed by atoms with Crippen LogP contribution in [0.1, 0.15) is 53.5 Å². The summed E-state index contributed by atoms with van der Waals surface area (Å²) in [4.78, 5) is 56.9. The van der Waals surface area contributed by atoms with Gasteiger partial charge in [0.2, 0.25) is 12.7 Å². The zero-order chi connectivity index (χ0) is 41.1. The quantitative estimate of drug-likeness (QED) is 0.0673. The maximum Gasteiger partial charge on any atom is 0.407 e. The molecule has 9 rings (SSSR count). The van der Waals surface area contributed by atoms with E-state index in [1.807, 2.05) is 48.5 Å². The molecular weight excluding hydrogens is 773 g/mol. The summed E-state index contributed by atoms with van der Waals surface area (Å²) in [6.07, 6.45) is 0.0760. The van der Waals surface area contributed by atoms with Crippen molar-refractivity contribution < 1.29 is 43.2 Å². The van der Waals surface area contributed by atoms with Crippen LogP contribution in [0.25, 0.3) is 33.4 Å². The van der Waals surface area contributed by atoms with Gasteiger partial charge in [-0.15, -0.1) is 0 Å². The highest BCUT2D eigenvalue weighted by Gasteiger charge is 2.46. The third kappa shape index (κ3) is 6.62. The second kappa shape index (κ2) is 15.0. The molecule has 5 aromatic rings. The number of aliphatic hydroxyl groups is 1. The van der Waals surface area contributed by atoms with E-state index >= 15 is 0 Å². The molecule has 0 bridgehead atoms. The lowest BCUT2D eigenvalue weighted by atomic mass is 9.86. The minimum atomic E-state index is -2.34. The molecule has 0 spiro atoms. The standard InChI is InChI=1S/C44H44N4O10Si/c1-4-44(53)33-17-35-39-30(20-48(35)41(50)32(33)22-55-42(44)51)40(29-16-36-37(58-24-57-36)18-34(29)47-39)59(2,3)15-9-14-54-23-46-38(49)19-45-43(52)56-21-31-27-12-7-5-10-25(27)26-11-6-8-13-28(26)31/h5-8,10-13,16-18,31,53H,4,9,14-15,19-24H2,1-3H3,(H,45,52)(H,46,49)/t44-/m0/s1. The largest absolute Gasteiger partial charge is 0.458 e. The second-order valence-electron chi connectivity index (χ2n) is 16.0. The van der Waals surface area contributed by atoms with E-state index in [4.69, 9.17) is 28.7 Å². The zero-order valence-electron chi connectivity index (χ0n) is 33.0. The van der Waals surface area contributed by atoms with Gasteiger partial charge in [0.25, 0.3) is 5.56 Å². The number of aromatic nitrogens is 2. The molecule has 15 heteroatoms. The molecule has 4 aliphatic rings. The van der Waals surface area contributed by atoms with Crippen LogP contribution in [0, 0.1) is 0 Å². The summed E-state index contributed by atoms with van der Waals surface area (Å²) in [5, 5.41) is 18.7. The van der Waals surface area contributed by atoms with Gasteiger partial charge in [-0.25, -0.2) is 14.6 Å². The van der Waals surface area contributed by atoms with Gasteiger partial charge in [-0.1, -0.05) is 74.6 Å². The molecule has 0 radical (unpaired) electrons. The molecule has 3 N–H and O–H groups in total. The molecule has 5 heterocycles. The number of esters is 1. The van der Waals surface area contributed by atoms with Crippen LogP contribution in [0.4, 0.5) is 4.79 Å². The van der Waals surface area contributed by atoms with E-state index in [0.29, 0.717) is 41.4 Å². The number of carbonyl (C=O) groups excluding carboxylic acids is 3. The predicted molar refractivity (Wildman–Crippen MR) is 219 cm³/mol. The molecule has 0 saturated heterocycles. The van der Waals surface area contributed by atoms with E-state index in [9.17, 15) is 24.3 Å². The maximum absolute atomic E-state index is 14.0. The fraction of sp³-hybridized carbons (Fsp3) is 0.341. The summed E-state index contributed by atoms with van der Waals surface area (Å²) >= 11 is 0. The van der Waals surface area contributed by atoms with Crippen molar-refractivity contribution in [1.82, 2.24) is 20.2 Å². The number of amides is 2. The van der Waals surface area contributed by atoms with Crippen molar-refractivity contribution >= 4 is 42.1 Å². The second-order valence-corrected chi connectivity index (χ2v) is 20.7. The van der Waals surface area contributed by atoms with E-state index in [1.165, 1.54) is 0 Å². The number of benzene rings is 3. The first-order valence-corrected chi connectivity index (χ1v) is 23.1. The Kier molecular flexibility index (Phi) is 9.76. The third-order valence-corrected chi connectivity index (χ3v) is 15.6. The highest BCUT2D eigenvalue weighted by molar-refractivity contribution is 6.91. The van der Waals surface area contributed by atoms with Crippen molar-refractivity contribution in [3.05, 3.63) is 105 Å². The monoisotopic (exact) mass is 816 g/mol. The van der Waals surface area contributed by atoms with Gasteiger partial charge in [-0.3, -0.25) is 9.59 Å². The van der Waals surface area contributed by atoms with Gasteiger partial charge in [-0.05, 0) is 58.0 Å². The van der Waals surface area contributed by atoms with Crippen molar-refractivity contribution in [2.45, 2.75) is 63.6 Å². The molecule has 59 heavy (non-hydrogen) atoms. The Hall–Kier alpha value is -6.03. The number of pyridine rings is 2. The lowest BCUT2D eigenvalue weighted by Gasteiger charge is -2.31. The number of nitrogens with one attached hydrogen (secondary N) is 2. The average Bonchev–Trinajstić information content (AvgIpc) is 3.94. The predicted octanol–water partition coefficient (Wildman–Crippen LogP) is 4.74. The minimum absolute atomic E-state index is 0.0243. The van der Waals surface area contributed by atoms with Crippen LogP contribution >= 0.6 is 0 Å². The topological polar surface area (TPSA) is 177 Å². The van der Waals surface area contributed by atoms with Crippen LogP contribution in [-0.2, 0) is 42.6 Å². The Bertz CT molecular complexity index is 2580. The van der Waals surface area contributed by atoms with Gasteiger partial charge in [0.1, 0.15) is 26.5 Å². The summed E-state index contributed by atoms with van der Waals surface area (Å²) < 4.78 is 29.8. The molecular formula is C44H44N4O10Si. The number of carbonyl (C=O) groups is 3. The first-order chi connectivity index (χ1) is 28.5. The number of rotatable bonds is 12. The smallest absolute Gasteiger partial charge is 0.407 e. The average molecular weight is 817 g/mol. The Morgan fingerprint density at radius 3 is 2.41 bits per heavy atom. The lowest BCUT2D eigenvalue weighted by molar-refractivity contribution is -0.172. The SMILES string of the molecule is CC[C@@]1(O)C(=O)OCc2c1cc1n(c2=O)Cc2c-1nc1cc3c(cc1c2[Si](C)(C)CCCOCNC(=O)CNC(=O)OCC1c2ccccc2-c2ccccc21)OCO3.